The summed E-state index contributed by atoms with van der Waals surface area (Å²) in [5.74, 6) is 1.90. The zero-order chi connectivity index (χ0) is 20.6. The lowest BCUT2D eigenvalue weighted by Crippen LogP contribution is -2.49. The number of piperazine rings is 1. The van der Waals surface area contributed by atoms with Gasteiger partial charge in [0, 0.05) is 39.8 Å². The number of anilines is 1. The van der Waals surface area contributed by atoms with Gasteiger partial charge in [0.2, 0.25) is 5.91 Å². The summed E-state index contributed by atoms with van der Waals surface area (Å²) in [7, 11) is 3.51. The zero-order valence-electron chi connectivity index (χ0n) is 17.6. The zero-order valence-corrected chi connectivity index (χ0v) is 17.6. The van der Waals surface area contributed by atoms with Crippen LogP contribution in [0.15, 0.2) is 48.5 Å². The van der Waals surface area contributed by atoms with Crippen LogP contribution >= 0.6 is 0 Å². The highest BCUT2D eigenvalue weighted by Gasteiger charge is 2.22. The molecule has 1 aliphatic rings. The molecule has 0 N–H and O–H groups in total. The third-order valence-electron chi connectivity index (χ3n) is 5.24. The Hall–Kier alpha value is -2.73. The quantitative estimate of drug-likeness (QED) is 0.685. The van der Waals surface area contributed by atoms with Crippen molar-refractivity contribution in [2.24, 2.45) is 0 Å². The molecule has 1 heterocycles. The van der Waals surface area contributed by atoms with E-state index in [0.29, 0.717) is 19.7 Å². The van der Waals surface area contributed by atoms with E-state index < -0.39 is 0 Å². The van der Waals surface area contributed by atoms with Gasteiger partial charge in [-0.25, -0.2) is 0 Å². The summed E-state index contributed by atoms with van der Waals surface area (Å²) in [6.07, 6.45) is 0. The molecule has 0 aromatic heterocycles. The molecule has 1 aliphatic heterocycles. The Labute approximate surface area is 173 Å². The smallest absolute Gasteiger partial charge is 0.236 e. The number of carbonyl (C=O) groups excluding carboxylic acids is 1. The molecule has 6 nitrogen and oxygen atoms in total. The second-order valence-electron chi connectivity index (χ2n) is 7.26. The molecule has 156 valence electrons. The summed E-state index contributed by atoms with van der Waals surface area (Å²) in [5, 5.41) is 0. The summed E-state index contributed by atoms with van der Waals surface area (Å²) in [4.78, 5) is 19.0. The van der Waals surface area contributed by atoms with E-state index in [4.69, 9.17) is 9.47 Å². The predicted molar refractivity (Wildman–Crippen MR) is 116 cm³/mol. The van der Waals surface area contributed by atoms with Crippen LogP contribution in [0.4, 0.5) is 5.69 Å². The average Bonchev–Trinajstić information content (AvgIpc) is 2.75. The van der Waals surface area contributed by atoms with Crippen LogP contribution in [0.1, 0.15) is 12.5 Å². The minimum atomic E-state index is 0.143. The van der Waals surface area contributed by atoms with E-state index in [2.05, 4.69) is 15.9 Å². The van der Waals surface area contributed by atoms with Crippen molar-refractivity contribution in [2.45, 2.75) is 13.5 Å². The fraction of sp³-hybridized carbons (Fsp3) is 0.435. The third kappa shape index (κ3) is 5.64. The molecule has 0 atom stereocenters. The van der Waals surface area contributed by atoms with Crippen molar-refractivity contribution in [1.29, 1.82) is 0 Å². The first-order chi connectivity index (χ1) is 14.1. The van der Waals surface area contributed by atoms with Crippen molar-refractivity contribution in [2.75, 3.05) is 58.4 Å². The van der Waals surface area contributed by atoms with Crippen LogP contribution in [0, 0.1) is 0 Å². The summed E-state index contributed by atoms with van der Waals surface area (Å²) in [6.45, 7) is 7.22. The van der Waals surface area contributed by atoms with Crippen LogP contribution < -0.4 is 14.4 Å². The number of methoxy groups -OCH3 is 1. The molecule has 1 saturated heterocycles. The molecule has 0 spiro atoms. The van der Waals surface area contributed by atoms with Crippen molar-refractivity contribution < 1.29 is 14.3 Å². The number of amides is 1. The lowest BCUT2D eigenvalue weighted by atomic mass is 10.2. The van der Waals surface area contributed by atoms with Crippen molar-refractivity contribution in [1.82, 2.24) is 9.80 Å². The van der Waals surface area contributed by atoms with Gasteiger partial charge in [0.25, 0.3) is 0 Å². The second kappa shape index (κ2) is 10.2. The van der Waals surface area contributed by atoms with Crippen LogP contribution in [0.2, 0.25) is 0 Å². The lowest BCUT2D eigenvalue weighted by Gasteiger charge is -2.36. The summed E-state index contributed by atoms with van der Waals surface area (Å²) >= 11 is 0. The second-order valence-corrected chi connectivity index (χ2v) is 7.26. The van der Waals surface area contributed by atoms with Crippen LogP contribution in [0.3, 0.4) is 0 Å². The molecule has 2 aromatic rings. The number of likely N-dealkylation sites (N-methyl/N-ethyl adjacent to an activating group) is 1. The van der Waals surface area contributed by atoms with Gasteiger partial charge < -0.3 is 19.3 Å². The largest absolute Gasteiger partial charge is 0.497 e. The van der Waals surface area contributed by atoms with Gasteiger partial charge in [-0.05, 0) is 36.8 Å². The van der Waals surface area contributed by atoms with Gasteiger partial charge in [-0.1, -0.05) is 24.3 Å². The van der Waals surface area contributed by atoms with Crippen molar-refractivity contribution in [3.63, 3.8) is 0 Å². The Morgan fingerprint density at radius 2 is 1.72 bits per heavy atom. The molecule has 6 heteroatoms. The number of carbonyl (C=O) groups is 1. The van der Waals surface area contributed by atoms with Gasteiger partial charge in [0.1, 0.15) is 11.5 Å². The van der Waals surface area contributed by atoms with Gasteiger partial charge in [-0.2, -0.15) is 0 Å². The molecule has 0 unspecified atom stereocenters. The Bertz CT molecular complexity index is 786. The van der Waals surface area contributed by atoms with E-state index in [1.807, 2.05) is 56.4 Å². The van der Waals surface area contributed by atoms with Gasteiger partial charge in [-0.15, -0.1) is 0 Å². The molecule has 29 heavy (non-hydrogen) atoms. The SMILES string of the molecule is CCOc1ccccc1N1CCN(CC(=O)N(C)Cc2ccc(OC)cc2)CC1. The molecule has 3 rings (SSSR count). The first-order valence-electron chi connectivity index (χ1n) is 10.2. The van der Waals surface area contributed by atoms with Crippen molar-refractivity contribution >= 4 is 11.6 Å². The van der Waals surface area contributed by atoms with E-state index >= 15 is 0 Å². The number of benzene rings is 2. The Morgan fingerprint density at radius 3 is 2.38 bits per heavy atom. The lowest BCUT2D eigenvalue weighted by molar-refractivity contribution is -0.131. The highest BCUT2D eigenvalue weighted by molar-refractivity contribution is 5.78. The number of ether oxygens (including phenoxy) is 2. The first-order valence-corrected chi connectivity index (χ1v) is 10.2. The van der Waals surface area contributed by atoms with E-state index in [0.717, 1.165) is 48.9 Å². The van der Waals surface area contributed by atoms with Crippen molar-refractivity contribution in [3.05, 3.63) is 54.1 Å². The number of rotatable bonds is 8. The van der Waals surface area contributed by atoms with Crippen molar-refractivity contribution in [3.8, 4) is 11.5 Å². The van der Waals surface area contributed by atoms with Gasteiger partial charge in [0.15, 0.2) is 0 Å². The fourth-order valence-corrected chi connectivity index (χ4v) is 3.55. The predicted octanol–water partition coefficient (Wildman–Crippen LogP) is 2.87. The number of hydrogen-bond donors (Lipinski definition) is 0. The average molecular weight is 398 g/mol. The number of para-hydroxylation sites is 2. The summed E-state index contributed by atoms with van der Waals surface area (Å²) in [5.41, 5.74) is 2.23. The highest BCUT2D eigenvalue weighted by Crippen LogP contribution is 2.28. The van der Waals surface area contributed by atoms with Gasteiger partial charge in [0.05, 0.1) is 25.9 Å². The van der Waals surface area contributed by atoms with E-state index in [1.54, 1.807) is 12.0 Å². The number of hydrogen-bond acceptors (Lipinski definition) is 5. The summed E-state index contributed by atoms with van der Waals surface area (Å²) < 4.78 is 10.9. The van der Waals surface area contributed by atoms with Crippen LogP contribution in [-0.4, -0.2) is 69.2 Å². The standard InChI is InChI=1S/C23H31N3O3/c1-4-29-22-8-6-5-7-21(22)26-15-13-25(14-16-26)18-23(27)24(2)17-19-9-11-20(28-3)12-10-19/h5-12H,4,13-18H2,1-3H3. The Balaban J connectivity index is 1.49. The molecule has 0 bridgehead atoms. The van der Waals surface area contributed by atoms with E-state index in [9.17, 15) is 4.79 Å². The molecular weight excluding hydrogens is 366 g/mol. The summed E-state index contributed by atoms with van der Waals surface area (Å²) in [6, 6.07) is 16.0. The maximum Gasteiger partial charge on any atom is 0.236 e. The first kappa shape index (κ1) is 21.0. The van der Waals surface area contributed by atoms with Gasteiger partial charge in [-0.3, -0.25) is 9.69 Å². The molecule has 0 radical (unpaired) electrons. The topological polar surface area (TPSA) is 45.2 Å². The molecule has 0 aliphatic carbocycles. The Kier molecular flexibility index (Phi) is 7.36. The highest BCUT2D eigenvalue weighted by atomic mass is 16.5. The normalized spacial score (nSPS) is 14.5. The number of nitrogens with zero attached hydrogens (tertiary/aromatic N) is 3. The maximum absolute atomic E-state index is 12.7. The van der Waals surface area contributed by atoms with E-state index in [1.165, 1.54) is 0 Å². The minimum Gasteiger partial charge on any atom is -0.497 e. The van der Waals surface area contributed by atoms with Crippen LogP contribution in [0.25, 0.3) is 0 Å². The molecule has 0 saturated carbocycles. The van der Waals surface area contributed by atoms with E-state index in [-0.39, 0.29) is 5.91 Å². The molecule has 1 fully saturated rings. The molecule has 1 amide bonds. The monoisotopic (exact) mass is 397 g/mol. The third-order valence-corrected chi connectivity index (χ3v) is 5.24. The molecule has 2 aromatic carbocycles. The van der Waals surface area contributed by atoms with Crippen LogP contribution in [-0.2, 0) is 11.3 Å². The molecular formula is C23H31N3O3. The Morgan fingerprint density at radius 1 is 1.03 bits per heavy atom. The van der Waals surface area contributed by atoms with Crippen LogP contribution in [0.5, 0.6) is 11.5 Å². The van der Waals surface area contributed by atoms with Gasteiger partial charge >= 0.3 is 0 Å². The minimum absolute atomic E-state index is 0.143. The maximum atomic E-state index is 12.7. The fourth-order valence-electron chi connectivity index (χ4n) is 3.55.